The Morgan fingerprint density at radius 3 is 1.90 bits per heavy atom. The number of aromatic nitrogens is 2. The Hall–Kier alpha value is -6.88. The van der Waals surface area contributed by atoms with Crippen molar-refractivity contribution in [3.8, 4) is 45.8 Å². The van der Waals surface area contributed by atoms with Gasteiger partial charge in [0.1, 0.15) is 6.07 Å². The van der Waals surface area contributed by atoms with Crippen LogP contribution in [0.5, 0.6) is 0 Å². The summed E-state index contributed by atoms with van der Waals surface area (Å²) in [5.74, 6) is 0. The van der Waals surface area contributed by atoms with Crippen LogP contribution < -0.4 is 0 Å². The number of nitrogens with zero attached hydrogens (tertiary/aromatic N) is 4. The van der Waals surface area contributed by atoms with Gasteiger partial charge in [-0.3, -0.25) is 0 Å². The van der Waals surface area contributed by atoms with Gasteiger partial charge in [-0.1, -0.05) is 97.1 Å². The van der Waals surface area contributed by atoms with Crippen molar-refractivity contribution in [2.45, 2.75) is 0 Å². The molecule has 0 unspecified atom stereocenters. The van der Waals surface area contributed by atoms with Crippen LogP contribution in [0.25, 0.3) is 77.2 Å². The van der Waals surface area contributed by atoms with Gasteiger partial charge in [-0.25, -0.2) is 0 Å². The van der Waals surface area contributed by atoms with E-state index in [1.54, 1.807) is 0 Å². The first kappa shape index (κ1) is 27.4. The molecule has 0 aliphatic rings. The molecule has 0 bridgehead atoms. The summed E-state index contributed by atoms with van der Waals surface area (Å²) in [6.45, 7) is 0. The molecule has 9 aromatic rings. The first-order valence-corrected chi connectivity index (χ1v) is 15.9. The fourth-order valence-corrected chi connectivity index (χ4v) is 7.33. The Bertz CT molecular complexity index is 2800. The molecule has 0 aliphatic heterocycles. The lowest BCUT2D eigenvalue weighted by Gasteiger charge is -2.15. The van der Waals surface area contributed by atoms with Crippen molar-refractivity contribution in [2.24, 2.45) is 0 Å². The van der Waals surface area contributed by atoms with Crippen LogP contribution in [0.1, 0.15) is 11.1 Å². The van der Waals surface area contributed by atoms with Gasteiger partial charge >= 0.3 is 0 Å². The third-order valence-corrected chi connectivity index (χ3v) is 9.40. The van der Waals surface area contributed by atoms with E-state index in [1.165, 1.54) is 21.8 Å². The van der Waals surface area contributed by atoms with E-state index in [9.17, 15) is 10.5 Å². The van der Waals surface area contributed by atoms with E-state index < -0.39 is 0 Å². The highest BCUT2D eigenvalue weighted by atomic mass is 15.0. The van der Waals surface area contributed by atoms with Crippen LogP contribution >= 0.6 is 0 Å². The van der Waals surface area contributed by atoms with Crippen molar-refractivity contribution in [1.29, 1.82) is 10.5 Å². The van der Waals surface area contributed by atoms with Gasteiger partial charge in [0.15, 0.2) is 0 Å². The first-order chi connectivity index (χ1) is 23.7. The molecule has 48 heavy (non-hydrogen) atoms. The zero-order chi connectivity index (χ0) is 32.2. The minimum Gasteiger partial charge on any atom is -0.309 e. The maximum Gasteiger partial charge on any atom is 0.101 e. The average molecular weight is 611 g/mol. The molecule has 2 aromatic heterocycles. The van der Waals surface area contributed by atoms with Gasteiger partial charge in [-0.15, -0.1) is 0 Å². The van der Waals surface area contributed by atoms with E-state index in [4.69, 9.17) is 0 Å². The summed E-state index contributed by atoms with van der Waals surface area (Å²) in [6.07, 6.45) is 0. The van der Waals surface area contributed by atoms with Crippen LogP contribution in [0.2, 0.25) is 0 Å². The topological polar surface area (TPSA) is 57.4 Å². The molecule has 0 fully saturated rings. The van der Waals surface area contributed by atoms with Crippen LogP contribution in [0.4, 0.5) is 0 Å². The van der Waals surface area contributed by atoms with Crippen LogP contribution in [0, 0.1) is 22.7 Å². The van der Waals surface area contributed by atoms with Crippen molar-refractivity contribution in [3.63, 3.8) is 0 Å². The average Bonchev–Trinajstić information content (AvgIpc) is 3.67. The van der Waals surface area contributed by atoms with E-state index in [0.717, 1.165) is 55.4 Å². The minimum absolute atomic E-state index is 0.594. The van der Waals surface area contributed by atoms with Gasteiger partial charge < -0.3 is 9.13 Å². The summed E-state index contributed by atoms with van der Waals surface area (Å²) in [4.78, 5) is 0. The summed E-state index contributed by atoms with van der Waals surface area (Å²) in [5.41, 5.74) is 11.9. The molecule has 0 amide bonds. The summed E-state index contributed by atoms with van der Waals surface area (Å²) in [7, 11) is 0. The third-order valence-electron chi connectivity index (χ3n) is 9.40. The molecule has 222 valence electrons. The van der Waals surface area contributed by atoms with Crippen LogP contribution in [-0.2, 0) is 0 Å². The summed E-state index contributed by atoms with van der Waals surface area (Å²) in [5, 5.41) is 24.2. The number of hydrogen-bond donors (Lipinski definition) is 0. The first-order valence-electron chi connectivity index (χ1n) is 15.9. The minimum atomic E-state index is 0.594. The number of rotatable bonds is 4. The van der Waals surface area contributed by atoms with Gasteiger partial charge in [0.25, 0.3) is 0 Å². The Balaban J connectivity index is 1.33. The van der Waals surface area contributed by atoms with Gasteiger partial charge in [0.2, 0.25) is 0 Å². The maximum absolute atomic E-state index is 9.98. The lowest BCUT2D eigenvalue weighted by molar-refractivity contribution is 1.17. The van der Waals surface area contributed by atoms with Gasteiger partial charge in [-0.2, -0.15) is 10.5 Å². The summed E-state index contributed by atoms with van der Waals surface area (Å²) < 4.78 is 4.52. The second-order valence-corrected chi connectivity index (χ2v) is 12.0. The molecule has 0 saturated carbocycles. The molecule has 0 N–H and O–H groups in total. The summed E-state index contributed by atoms with van der Waals surface area (Å²) in [6, 6.07) is 59.0. The molecule has 9 rings (SSSR count). The number of hydrogen-bond acceptors (Lipinski definition) is 2. The zero-order valence-electron chi connectivity index (χ0n) is 25.8. The zero-order valence-corrected chi connectivity index (χ0v) is 25.8. The highest BCUT2D eigenvalue weighted by molar-refractivity contribution is 6.15. The van der Waals surface area contributed by atoms with Crippen molar-refractivity contribution in [1.82, 2.24) is 9.13 Å². The lowest BCUT2D eigenvalue weighted by atomic mass is 9.92. The van der Waals surface area contributed by atoms with Crippen LogP contribution in [0.15, 0.2) is 158 Å². The Morgan fingerprint density at radius 2 is 1.06 bits per heavy atom. The number of para-hydroxylation sites is 4. The quantitative estimate of drug-likeness (QED) is 0.199. The van der Waals surface area contributed by atoms with Gasteiger partial charge in [0, 0.05) is 32.8 Å². The molecular weight excluding hydrogens is 585 g/mol. The van der Waals surface area contributed by atoms with E-state index in [2.05, 4.69) is 137 Å². The normalized spacial score (nSPS) is 11.3. The molecule has 7 aromatic carbocycles. The van der Waals surface area contributed by atoms with E-state index in [0.29, 0.717) is 11.1 Å². The Morgan fingerprint density at radius 1 is 0.417 bits per heavy atom. The van der Waals surface area contributed by atoms with Gasteiger partial charge in [-0.05, 0) is 77.4 Å². The monoisotopic (exact) mass is 610 g/mol. The van der Waals surface area contributed by atoms with Crippen molar-refractivity contribution < 1.29 is 0 Å². The van der Waals surface area contributed by atoms with Crippen molar-refractivity contribution in [3.05, 3.63) is 169 Å². The largest absolute Gasteiger partial charge is 0.309 e. The van der Waals surface area contributed by atoms with Gasteiger partial charge in [0.05, 0.1) is 45.0 Å². The second kappa shape index (κ2) is 10.9. The Labute approximate surface area is 277 Å². The number of benzene rings is 7. The van der Waals surface area contributed by atoms with E-state index in [-0.39, 0.29) is 0 Å². The lowest BCUT2D eigenvalue weighted by Crippen LogP contribution is -1.97. The van der Waals surface area contributed by atoms with Crippen LogP contribution in [-0.4, -0.2) is 9.13 Å². The Kier molecular flexibility index (Phi) is 6.22. The second-order valence-electron chi connectivity index (χ2n) is 12.0. The molecule has 0 spiro atoms. The SMILES string of the molecule is N#Cc1ccc2c(c1)c1cc(-c3ccccc3-c3cccc4c5ccccc5n(-c5ccccc5)c34)ccc1n2-c1ccccc1C#N. The highest BCUT2D eigenvalue weighted by Gasteiger charge is 2.20. The predicted octanol–water partition coefficient (Wildman–Crippen LogP) is 11.0. The molecule has 2 heterocycles. The summed E-state index contributed by atoms with van der Waals surface area (Å²) >= 11 is 0. The standard InChI is InChI=1S/C44H26N4/c45-27-29-21-23-42-38(25-29)39-26-30(22-24-43(39)48(42)40-19-8-4-11-31(40)28-46)33-14-5-6-15-34(33)36-17-10-18-37-35-16-7-9-20-41(35)47(44(36)37)32-12-2-1-3-13-32/h1-26H. The molecule has 4 heteroatoms. The fourth-order valence-electron chi connectivity index (χ4n) is 7.33. The number of fused-ring (bicyclic) bond motifs is 6. The molecule has 0 aliphatic carbocycles. The van der Waals surface area contributed by atoms with Crippen molar-refractivity contribution in [2.75, 3.05) is 0 Å². The molecule has 0 saturated heterocycles. The van der Waals surface area contributed by atoms with Crippen molar-refractivity contribution >= 4 is 43.6 Å². The van der Waals surface area contributed by atoms with E-state index >= 15 is 0 Å². The predicted molar refractivity (Wildman–Crippen MR) is 195 cm³/mol. The molecule has 0 radical (unpaired) electrons. The van der Waals surface area contributed by atoms with E-state index in [1.807, 2.05) is 42.5 Å². The maximum atomic E-state index is 9.98. The van der Waals surface area contributed by atoms with Crippen LogP contribution in [0.3, 0.4) is 0 Å². The molecular formula is C44H26N4. The molecule has 4 nitrogen and oxygen atoms in total. The highest BCUT2D eigenvalue weighted by Crippen LogP contribution is 2.43. The third kappa shape index (κ3) is 4.07. The number of nitriles is 2. The molecule has 0 atom stereocenters. The smallest absolute Gasteiger partial charge is 0.101 e. The fraction of sp³-hybridized carbons (Fsp3) is 0.